The molecule has 8 unspecified atom stereocenters. The molecule has 196 valence electrons. The number of aliphatic carboxylic acids is 1. The zero-order chi connectivity index (χ0) is 25.8. The highest BCUT2D eigenvalue weighted by molar-refractivity contribution is 5.76. The van der Waals surface area contributed by atoms with Crippen molar-refractivity contribution in [1.82, 2.24) is 10.6 Å². The van der Waals surface area contributed by atoms with Crippen LogP contribution >= 0.6 is 0 Å². The number of carboxylic acids is 1. The van der Waals surface area contributed by atoms with Crippen LogP contribution in [0.15, 0.2) is 0 Å². The van der Waals surface area contributed by atoms with Crippen LogP contribution in [0.3, 0.4) is 0 Å². The molecular weight excluding hydrogens is 464 g/mol. The van der Waals surface area contributed by atoms with Gasteiger partial charge < -0.3 is 60.6 Å². The Balaban J connectivity index is 2.21. The average Bonchev–Trinajstić information content (AvgIpc) is 2.76. The van der Waals surface area contributed by atoms with Gasteiger partial charge in [0.25, 0.3) is 5.79 Å². The number of aliphatic hydroxyl groups is 6. The van der Waals surface area contributed by atoms with Crippen molar-refractivity contribution in [3.63, 3.8) is 0 Å². The summed E-state index contributed by atoms with van der Waals surface area (Å²) in [6.45, 7) is 0.517. The Morgan fingerprint density at radius 1 is 1.09 bits per heavy atom. The summed E-state index contributed by atoms with van der Waals surface area (Å²) in [4.78, 5) is 34.9. The molecule has 15 nitrogen and oxygen atoms in total. The number of hydrogen-bond acceptors (Lipinski definition) is 12. The first-order chi connectivity index (χ1) is 15.8. The van der Waals surface area contributed by atoms with Crippen LogP contribution in [0, 0.1) is 0 Å². The summed E-state index contributed by atoms with van der Waals surface area (Å²) in [6, 6.07) is -2.27. The number of aliphatic hydroxyl groups excluding tert-OH is 6. The first-order valence-corrected chi connectivity index (χ1v) is 10.5. The van der Waals surface area contributed by atoms with E-state index in [1.807, 2.05) is 0 Å². The number of carbonyl (C=O) groups is 3. The van der Waals surface area contributed by atoms with E-state index >= 15 is 0 Å². The number of ether oxygens (including phenoxy) is 3. The van der Waals surface area contributed by atoms with E-state index in [2.05, 4.69) is 10.6 Å². The zero-order valence-corrected chi connectivity index (χ0v) is 18.6. The molecule has 0 bridgehead atoms. The van der Waals surface area contributed by atoms with Gasteiger partial charge in [0, 0.05) is 20.3 Å². The van der Waals surface area contributed by atoms with Crippen molar-refractivity contribution < 1.29 is 64.3 Å². The van der Waals surface area contributed by atoms with Gasteiger partial charge in [-0.3, -0.25) is 9.59 Å². The number of carbonyl (C=O) groups excluding carboxylic acids is 2. The fraction of sp³-hybridized carbons (Fsp3) is 0.842. The lowest BCUT2D eigenvalue weighted by atomic mass is 9.88. The van der Waals surface area contributed by atoms with Crippen molar-refractivity contribution in [3.8, 4) is 0 Å². The van der Waals surface area contributed by atoms with E-state index < -0.39 is 98.0 Å². The lowest BCUT2D eigenvalue weighted by Crippen LogP contribution is -2.68. The topological polar surface area (TPSA) is 245 Å². The second-order valence-corrected chi connectivity index (χ2v) is 8.35. The van der Waals surface area contributed by atoms with Gasteiger partial charge in [0.05, 0.1) is 38.0 Å². The van der Waals surface area contributed by atoms with Gasteiger partial charge >= 0.3 is 5.97 Å². The number of carboxylic acid groups (broad SMARTS) is 1. The third-order valence-electron chi connectivity index (χ3n) is 5.69. The second-order valence-electron chi connectivity index (χ2n) is 8.35. The molecule has 0 aromatic heterocycles. The van der Waals surface area contributed by atoms with E-state index in [0.29, 0.717) is 0 Å². The van der Waals surface area contributed by atoms with Crippen LogP contribution in [0.4, 0.5) is 0 Å². The molecule has 0 saturated carbocycles. The molecule has 2 aliphatic heterocycles. The van der Waals surface area contributed by atoms with Crippen LogP contribution in [0.2, 0.25) is 0 Å². The largest absolute Gasteiger partial charge is 0.477 e. The number of hydrogen-bond donors (Lipinski definition) is 9. The highest BCUT2D eigenvalue weighted by atomic mass is 16.7. The van der Waals surface area contributed by atoms with Crippen LogP contribution in [0.25, 0.3) is 0 Å². The fourth-order valence-corrected chi connectivity index (χ4v) is 3.91. The molecule has 2 aliphatic rings. The zero-order valence-electron chi connectivity index (χ0n) is 18.6. The quantitative estimate of drug-likeness (QED) is 0.145. The number of rotatable bonds is 9. The molecule has 2 rings (SSSR count). The van der Waals surface area contributed by atoms with Crippen LogP contribution in [-0.4, -0.2) is 134 Å². The monoisotopic (exact) mass is 496 g/mol. The molecule has 0 aliphatic carbocycles. The first kappa shape index (κ1) is 28.3. The Morgan fingerprint density at radius 3 is 2.24 bits per heavy atom. The van der Waals surface area contributed by atoms with Gasteiger partial charge in [-0.05, 0) is 0 Å². The van der Waals surface area contributed by atoms with Crippen molar-refractivity contribution >= 4 is 17.8 Å². The molecule has 15 heteroatoms. The first-order valence-electron chi connectivity index (χ1n) is 10.5. The van der Waals surface area contributed by atoms with Crippen molar-refractivity contribution in [2.24, 2.45) is 0 Å². The van der Waals surface area contributed by atoms with Gasteiger partial charge in [0.1, 0.15) is 36.6 Å². The highest BCUT2D eigenvalue weighted by Gasteiger charge is 2.56. The minimum absolute atomic E-state index is 0.218. The Bertz CT molecular complexity index is 739. The van der Waals surface area contributed by atoms with Crippen molar-refractivity contribution in [2.45, 2.75) is 80.9 Å². The molecule has 2 fully saturated rings. The minimum Gasteiger partial charge on any atom is -0.477 e. The van der Waals surface area contributed by atoms with Crippen LogP contribution in [0.1, 0.15) is 20.3 Å². The standard InChI is InChI=1S/C19H32N2O13/c1-7(23)20-9-5-32-12(16(29)14(9)27)6-33-19(18(30)31)3-10(25)13(21-8(2)24)17(34-19)15(28)11(26)4-22/h9-17,22,25-29H,3-6H2,1-2H3,(H,20,23)(H,21,24)(H,30,31)/t9?,10?,11-,12?,13?,14?,15-,16?,17?,19?/m1/s1. The molecule has 0 aromatic carbocycles. The molecule has 0 spiro atoms. The van der Waals surface area contributed by atoms with Crippen molar-refractivity contribution in [2.75, 3.05) is 19.8 Å². The maximum absolute atomic E-state index is 12.1. The Hall–Kier alpha value is -1.95. The van der Waals surface area contributed by atoms with Crippen molar-refractivity contribution in [3.05, 3.63) is 0 Å². The summed E-state index contributed by atoms with van der Waals surface area (Å²) in [5.74, 6) is -5.45. The summed E-state index contributed by atoms with van der Waals surface area (Å²) in [5, 5.41) is 75.0. The molecule has 9 N–H and O–H groups in total. The summed E-state index contributed by atoms with van der Waals surface area (Å²) >= 11 is 0. The smallest absolute Gasteiger partial charge is 0.364 e. The van der Waals surface area contributed by atoms with Gasteiger partial charge in [-0.25, -0.2) is 4.79 Å². The maximum atomic E-state index is 12.1. The van der Waals surface area contributed by atoms with Crippen LogP contribution in [0.5, 0.6) is 0 Å². The Kier molecular flexibility index (Phi) is 9.70. The number of amides is 2. The van der Waals surface area contributed by atoms with Gasteiger partial charge in [-0.2, -0.15) is 0 Å². The molecular formula is C19H32N2O13. The Labute approximate surface area is 194 Å². The third kappa shape index (κ3) is 6.38. The van der Waals surface area contributed by atoms with Crippen LogP contribution in [-0.2, 0) is 28.6 Å². The predicted octanol–water partition coefficient (Wildman–Crippen LogP) is -5.22. The third-order valence-corrected chi connectivity index (χ3v) is 5.69. The summed E-state index contributed by atoms with van der Waals surface area (Å²) in [6.07, 6.45) is -12.1. The predicted molar refractivity (Wildman–Crippen MR) is 108 cm³/mol. The summed E-state index contributed by atoms with van der Waals surface area (Å²) in [5.41, 5.74) is 0. The molecule has 2 saturated heterocycles. The minimum atomic E-state index is -2.61. The molecule has 0 radical (unpaired) electrons. The van der Waals surface area contributed by atoms with E-state index in [4.69, 9.17) is 19.3 Å². The highest BCUT2D eigenvalue weighted by Crippen LogP contribution is 2.34. The molecule has 0 aromatic rings. The lowest BCUT2D eigenvalue weighted by Gasteiger charge is -2.47. The lowest BCUT2D eigenvalue weighted by molar-refractivity contribution is -0.320. The summed E-state index contributed by atoms with van der Waals surface area (Å²) in [7, 11) is 0. The molecule has 10 atom stereocenters. The number of nitrogens with one attached hydrogen (secondary N) is 2. The average molecular weight is 496 g/mol. The molecule has 2 amide bonds. The van der Waals surface area contributed by atoms with Gasteiger partial charge in [0.15, 0.2) is 0 Å². The van der Waals surface area contributed by atoms with E-state index in [1.54, 1.807) is 0 Å². The maximum Gasteiger partial charge on any atom is 0.364 e. The summed E-state index contributed by atoms with van der Waals surface area (Å²) < 4.78 is 16.2. The van der Waals surface area contributed by atoms with E-state index in [-0.39, 0.29) is 6.61 Å². The fourth-order valence-electron chi connectivity index (χ4n) is 3.91. The second kappa shape index (κ2) is 11.7. The van der Waals surface area contributed by atoms with Gasteiger partial charge in [0.2, 0.25) is 11.8 Å². The Morgan fingerprint density at radius 2 is 1.71 bits per heavy atom. The molecule has 34 heavy (non-hydrogen) atoms. The SMILES string of the molecule is CC(=O)NC1COC(COC2(C(=O)O)CC(O)C(NC(C)=O)C([C@H](O)[C@H](O)CO)O2)C(O)C1O. The molecule has 2 heterocycles. The van der Waals surface area contributed by atoms with Gasteiger partial charge in [-0.15, -0.1) is 0 Å². The normalized spacial score (nSPS) is 37.9. The van der Waals surface area contributed by atoms with Crippen molar-refractivity contribution in [1.29, 1.82) is 0 Å². The van der Waals surface area contributed by atoms with Crippen LogP contribution < -0.4 is 10.6 Å². The van der Waals surface area contributed by atoms with E-state index in [9.17, 15) is 45.0 Å². The van der Waals surface area contributed by atoms with E-state index in [0.717, 1.165) is 6.92 Å². The van der Waals surface area contributed by atoms with E-state index in [1.165, 1.54) is 6.92 Å². The van der Waals surface area contributed by atoms with Gasteiger partial charge in [-0.1, -0.05) is 0 Å².